The average Bonchev–Trinajstić information content (AvgIpc) is 4.13. The van der Waals surface area contributed by atoms with Crippen LogP contribution in [0.4, 0.5) is 34.1 Å². The molecule has 14 rings (SSSR count). The van der Waals surface area contributed by atoms with E-state index in [4.69, 9.17) is 17.7 Å². The summed E-state index contributed by atoms with van der Waals surface area (Å²) >= 11 is 0. The average molecular weight is 889 g/mol. The van der Waals surface area contributed by atoms with Crippen molar-refractivity contribution in [3.05, 3.63) is 224 Å². The quantitative estimate of drug-likeness (QED) is 0.142. The third-order valence-corrected chi connectivity index (χ3v) is 13.7. The van der Waals surface area contributed by atoms with Crippen molar-refractivity contribution in [2.75, 3.05) is 9.80 Å². The highest BCUT2D eigenvalue weighted by atomic mass is 16.3. The van der Waals surface area contributed by atoms with E-state index in [0.717, 1.165) is 144 Å². The molecule has 0 N–H and O–H groups in total. The summed E-state index contributed by atoms with van der Waals surface area (Å²) in [5.41, 5.74) is 12.8. The molecular formula is C63H40N2O4. The minimum atomic E-state index is 0.782. The van der Waals surface area contributed by atoms with Crippen LogP contribution < -0.4 is 9.80 Å². The van der Waals surface area contributed by atoms with Gasteiger partial charge in [-0.15, -0.1) is 0 Å². The molecule has 0 aliphatic rings. The fraction of sp³-hybridized carbons (Fsp3) is 0.0159. The fourth-order valence-electron chi connectivity index (χ4n) is 10.5. The number of furan rings is 4. The monoisotopic (exact) mass is 888 g/mol. The van der Waals surface area contributed by atoms with E-state index in [0.29, 0.717) is 0 Å². The molecule has 10 aromatic carbocycles. The molecule has 0 radical (unpaired) electrons. The molecule has 326 valence electrons. The van der Waals surface area contributed by atoms with E-state index in [-0.39, 0.29) is 0 Å². The van der Waals surface area contributed by atoms with Crippen LogP contribution >= 0.6 is 0 Å². The van der Waals surface area contributed by atoms with E-state index in [1.54, 1.807) is 6.08 Å². The molecule has 4 aromatic heterocycles. The highest BCUT2D eigenvalue weighted by Gasteiger charge is 2.23. The SMILES string of the molecule is C=C/C=C\c1c(C)oc2c(N(c3ccccc3)c3ccc4cc5c(cc4c3)oc3cc4oc6cc7cc(N(c8ccccc8)c8cccc9c8oc8ccccc89)ccc7cc6c4cc35)cccc12. The molecule has 0 bridgehead atoms. The first-order valence-corrected chi connectivity index (χ1v) is 23.2. The number of para-hydroxylation sites is 5. The predicted octanol–water partition coefficient (Wildman–Crippen LogP) is 18.9. The predicted molar refractivity (Wildman–Crippen MR) is 286 cm³/mol. The van der Waals surface area contributed by atoms with E-state index < -0.39 is 0 Å². The first kappa shape index (κ1) is 39.0. The van der Waals surface area contributed by atoms with Gasteiger partial charge in [-0.3, -0.25) is 0 Å². The second-order valence-electron chi connectivity index (χ2n) is 17.7. The van der Waals surface area contributed by atoms with Crippen molar-refractivity contribution < 1.29 is 17.7 Å². The van der Waals surface area contributed by atoms with Gasteiger partial charge in [0.25, 0.3) is 0 Å². The summed E-state index contributed by atoms with van der Waals surface area (Å²) in [7, 11) is 0. The highest BCUT2D eigenvalue weighted by Crippen LogP contribution is 2.46. The number of benzene rings is 10. The van der Waals surface area contributed by atoms with Gasteiger partial charge in [0.15, 0.2) is 11.2 Å². The van der Waals surface area contributed by atoms with E-state index in [2.05, 4.69) is 186 Å². The first-order chi connectivity index (χ1) is 34.0. The van der Waals surface area contributed by atoms with Crippen LogP contribution in [0, 0.1) is 6.92 Å². The second-order valence-corrected chi connectivity index (χ2v) is 17.7. The molecule has 0 aliphatic carbocycles. The van der Waals surface area contributed by atoms with Crippen molar-refractivity contribution in [3.8, 4) is 0 Å². The van der Waals surface area contributed by atoms with Crippen LogP contribution in [0.2, 0.25) is 0 Å². The Labute approximate surface area is 395 Å². The standard InChI is InChI=1S/C63H40N2O4/c1-3-4-19-47-38(2)66-62-49(47)21-13-23-55(62)64(43-15-7-5-8-16-43)45-28-26-39-32-51-53-36-54-52-33-40-27-29-46(31-42(40)35-59(52)68-61(54)37-60(53)67-58(51)34-41(39)30-45)65(44-17-9-6-10-18-44)56-24-14-22-50-48-20-11-12-25-57(48)69-63(50)56/h3-37H,1H2,2H3/b19-4-. The molecule has 69 heavy (non-hydrogen) atoms. The second kappa shape index (κ2) is 15.1. The Morgan fingerprint density at radius 1 is 0.362 bits per heavy atom. The number of fused-ring (bicyclic) bond motifs is 12. The third kappa shape index (κ3) is 6.12. The van der Waals surface area contributed by atoms with Crippen molar-refractivity contribution in [3.63, 3.8) is 0 Å². The van der Waals surface area contributed by atoms with Crippen molar-refractivity contribution in [2.45, 2.75) is 6.92 Å². The number of nitrogens with zero attached hydrogens (tertiary/aromatic N) is 2. The summed E-state index contributed by atoms with van der Waals surface area (Å²) in [5.74, 6) is 0.858. The molecule has 0 unspecified atom stereocenters. The minimum absolute atomic E-state index is 0.782. The lowest BCUT2D eigenvalue weighted by Crippen LogP contribution is -2.10. The number of hydrogen-bond acceptors (Lipinski definition) is 6. The molecule has 0 saturated heterocycles. The van der Waals surface area contributed by atoms with Crippen LogP contribution in [0.5, 0.6) is 0 Å². The Hall–Kier alpha value is -9.26. The maximum Gasteiger partial charge on any atom is 0.159 e. The van der Waals surface area contributed by atoms with Gasteiger partial charge < -0.3 is 27.5 Å². The normalized spacial score (nSPS) is 12.1. The minimum Gasteiger partial charge on any atom is -0.459 e. The highest BCUT2D eigenvalue weighted by molar-refractivity contribution is 6.19. The molecule has 0 atom stereocenters. The zero-order valence-electron chi connectivity index (χ0n) is 37.4. The lowest BCUT2D eigenvalue weighted by molar-refractivity contribution is 0.578. The molecule has 6 nitrogen and oxygen atoms in total. The summed E-state index contributed by atoms with van der Waals surface area (Å²) in [4.78, 5) is 4.54. The van der Waals surface area contributed by atoms with Crippen LogP contribution in [-0.4, -0.2) is 0 Å². The van der Waals surface area contributed by atoms with Gasteiger partial charge in [0.2, 0.25) is 0 Å². The zero-order valence-corrected chi connectivity index (χ0v) is 37.4. The van der Waals surface area contributed by atoms with E-state index >= 15 is 0 Å². The maximum absolute atomic E-state index is 6.68. The summed E-state index contributed by atoms with van der Waals surface area (Å²) in [6, 6.07) is 68.2. The Morgan fingerprint density at radius 3 is 1.46 bits per heavy atom. The van der Waals surface area contributed by atoms with Gasteiger partial charge in [0, 0.05) is 72.1 Å². The summed E-state index contributed by atoms with van der Waals surface area (Å²) in [6.07, 6.45) is 5.79. The van der Waals surface area contributed by atoms with Gasteiger partial charge >= 0.3 is 0 Å². The van der Waals surface area contributed by atoms with Gasteiger partial charge in [-0.05, 0) is 126 Å². The largest absolute Gasteiger partial charge is 0.459 e. The van der Waals surface area contributed by atoms with Crippen LogP contribution in [-0.2, 0) is 0 Å². The number of aryl methyl sites for hydroxylation is 1. The number of allylic oxidation sites excluding steroid dienone is 2. The lowest BCUT2D eigenvalue weighted by Gasteiger charge is -2.25. The fourth-order valence-corrected chi connectivity index (χ4v) is 10.5. The third-order valence-electron chi connectivity index (χ3n) is 13.7. The zero-order chi connectivity index (χ0) is 45.7. The molecule has 4 heterocycles. The molecule has 14 aromatic rings. The molecule has 0 saturated carbocycles. The number of rotatable bonds is 8. The van der Waals surface area contributed by atoms with Crippen molar-refractivity contribution >= 4 is 139 Å². The molecule has 0 fully saturated rings. The number of anilines is 6. The van der Waals surface area contributed by atoms with Gasteiger partial charge in [0.1, 0.15) is 33.7 Å². The summed E-state index contributed by atoms with van der Waals surface area (Å²) < 4.78 is 26.4. The van der Waals surface area contributed by atoms with Crippen LogP contribution in [0.3, 0.4) is 0 Å². The molecule has 0 aliphatic heterocycles. The Kier molecular flexibility index (Phi) is 8.55. The van der Waals surface area contributed by atoms with Gasteiger partial charge in [-0.25, -0.2) is 0 Å². The summed E-state index contributed by atoms with van der Waals surface area (Å²) in [5, 5.41) is 11.8. The van der Waals surface area contributed by atoms with Crippen molar-refractivity contribution in [1.29, 1.82) is 0 Å². The molecular weight excluding hydrogens is 849 g/mol. The Bertz CT molecular complexity index is 4420. The topological polar surface area (TPSA) is 59.0 Å². The van der Waals surface area contributed by atoms with E-state index in [1.807, 2.05) is 43.3 Å². The molecule has 6 heteroatoms. The molecule has 0 amide bonds. The van der Waals surface area contributed by atoms with Gasteiger partial charge in [0.05, 0.1) is 11.4 Å². The van der Waals surface area contributed by atoms with Gasteiger partial charge in [-0.2, -0.15) is 0 Å². The van der Waals surface area contributed by atoms with Crippen LogP contribution in [0.15, 0.2) is 231 Å². The number of hydrogen-bond donors (Lipinski definition) is 0. The van der Waals surface area contributed by atoms with Crippen molar-refractivity contribution in [1.82, 2.24) is 0 Å². The van der Waals surface area contributed by atoms with E-state index in [9.17, 15) is 0 Å². The smallest absolute Gasteiger partial charge is 0.159 e. The van der Waals surface area contributed by atoms with E-state index in [1.165, 1.54) is 0 Å². The Balaban J connectivity index is 0.865. The molecule has 0 spiro atoms. The van der Waals surface area contributed by atoms with Crippen LogP contribution in [0.25, 0.3) is 104 Å². The van der Waals surface area contributed by atoms with Crippen molar-refractivity contribution in [2.24, 2.45) is 0 Å². The van der Waals surface area contributed by atoms with Crippen LogP contribution in [0.1, 0.15) is 11.3 Å². The maximum atomic E-state index is 6.68. The summed E-state index contributed by atoms with van der Waals surface area (Å²) in [6.45, 7) is 5.88. The first-order valence-electron chi connectivity index (χ1n) is 23.2. The Morgan fingerprint density at radius 2 is 0.870 bits per heavy atom. The van der Waals surface area contributed by atoms with Gasteiger partial charge in [-0.1, -0.05) is 116 Å². The lowest BCUT2D eigenvalue weighted by atomic mass is 10.0.